The fourth-order valence-corrected chi connectivity index (χ4v) is 4.16. The second kappa shape index (κ2) is 8.42. The van der Waals surface area contributed by atoms with E-state index < -0.39 is 0 Å². The van der Waals surface area contributed by atoms with Gasteiger partial charge in [-0.2, -0.15) is 4.98 Å². The summed E-state index contributed by atoms with van der Waals surface area (Å²) in [5.41, 5.74) is 1.47. The van der Waals surface area contributed by atoms with Gasteiger partial charge >= 0.3 is 0 Å². The molecular formula is C19H16BrFN4O2S. The summed E-state index contributed by atoms with van der Waals surface area (Å²) in [5.74, 6) is 0.884. The number of nitrogens with zero attached hydrogens (tertiary/aromatic N) is 2. The molecule has 4 rings (SSSR count). The van der Waals surface area contributed by atoms with Gasteiger partial charge in [-0.25, -0.2) is 4.39 Å². The van der Waals surface area contributed by atoms with E-state index in [0.29, 0.717) is 33.9 Å². The third-order valence-electron chi connectivity index (χ3n) is 4.26. The van der Waals surface area contributed by atoms with Crippen molar-refractivity contribution in [2.24, 2.45) is 0 Å². The van der Waals surface area contributed by atoms with Crippen LogP contribution in [0.5, 0.6) is 0 Å². The number of benzene rings is 2. The molecule has 3 aromatic rings. The Morgan fingerprint density at radius 3 is 2.86 bits per heavy atom. The number of halogens is 2. The van der Waals surface area contributed by atoms with Crippen LogP contribution >= 0.6 is 27.7 Å². The summed E-state index contributed by atoms with van der Waals surface area (Å²) in [5, 5.41) is 10.3. The van der Waals surface area contributed by atoms with E-state index >= 15 is 0 Å². The topological polar surface area (TPSA) is 80.1 Å². The van der Waals surface area contributed by atoms with Gasteiger partial charge in [0.25, 0.3) is 0 Å². The maximum absolute atomic E-state index is 13.4. The summed E-state index contributed by atoms with van der Waals surface area (Å²) >= 11 is 4.61. The molecule has 1 fully saturated rings. The molecule has 28 heavy (non-hydrogen) atoms. The molecule has 0 saturated carbocycles. The minimum Gasteiger partial charge on any atom is -0.338 e. The number of hydrogen-bond donors (Lipinski definition) is 2. The zero-order chi connectivity index (χ0) is 19.5. The van der Waals surface area contributed by atoms with Gasteiger partial charge in [0, 0.05) is 18.0 Å². The first-order chi connectivity index (χ1) is 13.6. The predicted octanol–water partition coefficient (Wildman–Crippen LogP) is 4.01. The molecule has 2 atom stereocenters. The summed E-state index contributed by atoms with van der Waals surface area (Å²) < 4.78 is 19.0. The molecule has 1 aliphatic heterocycles. The van der Waals surface area contributed by atoms with E-state index in [0.717, 1.165) is 5.56 Å². The molecule has 2 heterocycles. The highest BCUT2D eigenvalue weighted by Crippen LogP contribution is 2.26. The number of nitrogens with one attached hydrogen (secondary N) is 2. The highest BCUT2D eigenvalue weighted by Gasteiger charge is 2.27. The minimum absolute atomic E-state index is 0.00696. The van der Waals surface area contributed by atoms with Gasteiger partial charge in [-0.05, 0) is 39.7 Å². The largest absolute Gasteiger partial charge is 0.338 e. The van der Waals surface area contributed by atoms with E-state index in [9.17, 15) is 9.18 Å². The number of amides is 1. The average Bonchev–Trinajstić information content (AvgIpc) is 3.18. The van der Waals surface area contributed by atoms with Crippen molar-refractivity contribution >= 4 is 33.6 Å². The first-order valence-corrected chi connectivity index (χ1v) is 10.4. The fraction of sp³-hybridized carbons (Fsp3) is 0.211. The Morgan fingerprint density at radius 2 is 2.07 bits per heavy atom. The Morgan fingerprint density at radius 1 is 1.25 bits per heavy atom. The molecule has 1 saturated heterocycles. The molecule has 2 unspecified atom stereocenters. The standard InChI is InChI=1S/C19H16BrFN4O2S/c20-13-8-12(6-7-14(13)21)18-24-17(27-25-18)10-28-19-22-15(9-16(26)23-19)11-4-2-1-3-5-11/h1-8,15,19,22H,9-10H2,(H,23,26). The predicted molar refractivity (Wildman–Crippen MR) is 108 cm³/mol. The van der Waals surface area contributed by atoms with Crippen LogP contribution in [0.2, 0.25) is 0 Å². The van der Waals surface area contributed by atoms with E-state index in [1.807, 2.05) is 30.3 Å². The first-order valence-electron chi connectivity index (χ1n) is 8.58. The Kier molecular flexibility index (Phi) is 5.74. The van der Waals surface area contributed by atoms with Crippen molar-refractivity contribution in [3.8, 4) is 11.4 Å². The van der Waals surface area contributed by atoms with Crippen LogP contribution in [-0.4, -0.2) is 21.5 Å². The van der Waals surface area contributed by atoms with Crippen LogP contribution in [0.15, 0.2) is 57.5 Å². The minimum atomic E-state index is -0.352. The van der Waals surface area contributed by atoms with Gasteiger partial charge in [-0.3, -0.25) is 10.1 Å². The normalized spacial score (nSPS) is 19.4. The lowest BCUT2D eigenvalue weighted by atomic mass is 10.0. The van der Waals surface area contributed by atoms with E-state index in [2.05, 4.69) is 36.7 Å². The Labute approximate surface area is 173 Å². The molecule has 9 heteroatoms. The number of rotatable bonds is 5. The summed E-state index contributed by atoms with van der Waals surface area (Å²) in [6.07, 6.45) is 0.394. The van der Waals surface area contributed by atoms with Gasteiger partial charge in [0.1, 0.15) is 11.3 Å². The fourth-order valence-electron chi connectivity index (χ4n) is 2.88. The summed E-state index contributed by atoms with van der Waals surface area (Å²) in [6.45, 7) is 0. The van der Waals surface area contributed by atoms with Gasteiger partial charge in [0.15, 0.2) is 0 Å². The molecule has 2 aromatic carbocycles. The highest BCUT2D eigenvalue weighted by molar-refractivity contribution is 9.10. The van der Waals surface area contributed by atoms with E-state index in [1.165, 1.54) is 17.8 Å². The Bertz CT molecular complexity index is 985. The smallest absolute Gasteiger partial charge is 0.237 e. The van der Waals surface area contributed by atoms with Crippen molar-refractivity contribution < 1.29 is 13.7 Å². The second-order valence-corrected chi connectivity index (χ2v) is 8.18. The molecule has 0 spiro atoms. The summed E-state index contributed by atoms with van der Waals surface area (Å²) in [4.78, 5) is 16.4. The Balaban J connectivity index is 1.39. The van der Waals surface area contributed by atoms with Gasteiger partial charge < -0.3 is 9.84 Å². The monoisotopic (exact) mass is 462 g/mol. The van der Waals surface area contributed by atoms with Crippen molar-refractivity contribution in [3.05, 3.63) is 70.3 Å². The molecule has 6 nitrogen and oxygen atoms in total. The first kappa shape index (κ1) is 19.1. The lowest BCUT2D eigenvalue weighted by Crippen LogP contribution is -2.50. The van der Waals surface area contributed by atoms with Crippen LogP contribution in [0.4, 0.5) is 4.39 Å². The molecule has 0 radical (unpaired) electrons. The average molecular weight is 463 g/mol. The van der Waals surface area contributed by atoms with Crippen LogP contribution in [-0.2, 0) is 10.5 Å². The van der Waals surface area contributed by atoms with Crippen molar-refractivity contribution in [1.82, 2.24) is 20.8 Å². The zero-order valence-corrected chi connectivity index (χ0v) is 17.0. The quantitative estimate of drug-likeness (QED) is 0.596. The van der Waals surface area contributed by atoms with E-state index in [4.69, 9.17) is 4.52 Å². The number of carbonyl (C=O) groups excluding carboxylic acids is 1. The third-order valence-corrected chi connectivity index (χ3v) is 5.86. The lowest BCUT2D eigenvalue weighted by molar-refractivity contribution is -0.123. The zero-order valence-electron chi connectivity index (χ0n) is 14.6. The molecule has 2 N–H and O–H groups in total. The number of hydrogen-bond acceptors (Lipinski definition) is 6. The lowest BCUT2D eigenvalue weighted by Gasteiger charge is -2.31. The second-order valence-electron chi connectivity index (χ2n) is 6.23. The highest BCUT2D eigenvalue weighted by atomic mass is 79.9. The van der Waals surface area contributed by atoms with Gasteiger partial charge in [0.05, 0.1) is 10.2 Å². The van der Waals surface area contributed by atoms with Crippen molar-refractivity contribution in [3.63, 3.8) is 0 Å². The van der Waals surface area contributed by atoms with Crippen LogP contribution in [0, 0.1) is 5.82 Å². The summed E-state index contributed by atoms with van der Waals surface area (Å²) in [7, 11) is 0. The molecule has 0 bridgehead atoms. The molecule has 144 valence electrons. The number of carbonyl (C=O) groups is 1. The van der Waals surface area contributed by atoms with Crippen LogP contribution in [0.3, 0.4) is 0 Å². The number of thioether (sulfide) groups is 1. The molecule has 0 aliphatic carbocycles. The van der Waals surface area contributed by atoms with E-state index in [1.54, 1.807) is 12.1 Å². The molecule has 1 aromatic heterocycles. The van der Waals surface area contributed by atoms with Crippen molar-refractivity contribution in [1.29, 1.82) is 0 Å². The van der Waals surface area contributed by atoms with Crippen molar-refractivity contribution in [2.45, 2.75) is 23.7 Å². The molecular weight excluding hydrogens is 447 g/mol. The molecule has 1 aliphatic rings. The molecule has 1 amide bonds. The number of aromatic nitrogens is 2. The van der Waals surface area contributed by atoms with Crippen LogP contribution in [0.25, 0.3) is 11.4 Å². The van der Waals surface area contributed by atoms with Crippen LogP contribution < -0.4 is 10.6 Å². The third kappa shape index (κ3) is 4.43. The summed E-state index contributed by atoms with van der Waals surface area (Å²) in [6, 6.07) is 14.4. The SMILES string of the molecule is O=C1CC(c2ccccc2)NC(SCc2nc(-c3ccc(F)c(Br)c3)no2)N1. The maximum Gasteiger partial charge on any atom is 0.237 e. The van der Waals surface area contributed by atoms with Crippen LogP contribution in [0.1, 0.15) is 23.9 Å². The van der Waals surface area contributed by atoms with Gasteiger partial charge in [-0.1, -0.05) is 35.5 Å². The Hall–Kier alpha value is -2.23. The van der Waals surface area contributed by atoms with Crippen molar-refractivity contribution in [2.75, 3.05) is 0 Å². The van der Waals surface area contributed by atoms with Gasteiger partial charge in [0.2, 0.25) is 17.6 Å². The van der Waals surface area contributed by atoms with Gasteiger partial charge in [-0.15, -0.1) is 11.8 Å². The van der Waals surface area contributed by atoms with E-state index in [-0.39, 0.29) is 23.3 Å². The maximum atomic E-state index is 13.4.